The monoisotopic (exact) mass is 490 g/mol. The summed E-state index contributed by atoms with van der Waals surface area (Å²) in [4.78, 5) is 27.7. The number of hydrogen-bond acceptors (Lipinski definition) is 5. The van der Waals surface area contributed by atoms with Gasteiger partial charge in [0.25, 0.3) is 5.91 Å². The number of nitrogens with one attached hydrogen (secondary N) is 3. The average molecular weight is 491 g/mol. The van der Waals surface area contributed by atoms with Gasteiger partial charge >= 0.3 is 0 Å². The third-order valence-electron chi connectivity index (χ3n) is 6.17. The molecule has 3 N–H and O–H groups in total. The van der Waals surface area contributed by atoms with Crippen LogP contribution in [0.1, 0.15) is 36.5 Å². The largest absolute Gasteiger partial charge is 0.495 e. The third kappa shape index (κ3) is 6.33. The standard InChI is InChI=1S/C28H31FN4O3/c1-19(27(34)31-22-9-12-24(13-10-22)33-15-4-3-5-16-33)30-23-11-14-26(36-2)25(18-23)32-28(35)20-7-6-8-21(29)17-20/h6-14,17-19,30H,3-5,15-16H2,1-2H3,(H,31,34)(H,32,35). The number of methoxy groups -OCH3 is 1. The van der Waals surface area contributed by atoms with E-state index in [-0.39, 0.29) is 11.5 Å². The Bertz CT molecular complexity index is 1210. The van der Waals surface area contributed by atoms with Crippen LogP contribution >= 0.6 is 0 Å². The van der Waals surface area contributed by atoms with Crippen LogP contribution < -0.4 is 25.6 Å². The molecule has 0 aliphatic carbocycles. The van der Waals surface area contributed by atoms with Gasteiger partial charge in [-0.3, -0.25) is 9.59 Å². The van der Waals surface area contributed by atoms with E-state index < -0.39 is 17.8 Å². The SMILES string of the molecule is COc1ccc(NC(C)C(=O)Nc2ccc(N3CCCCC3)cc2)cc1NC(=O)c1cccc(F)c1. The van der Waals surface area contributed by atoms with E-state index in [4.69, 9.17) is 4.74 Å². The van der Waals surface area contributed by atoms with Crippen LogP contribution in [0.4, 0.5) is 27.1 Å². The maximum absolute atomic E-state index is 13.5. The Morgan fingerprint density at radius 3 is 2.33 bits per heavy atom. The van der Waals surface area contributed by atoms with Crippen molar-refractivity contribution >= 4 is 34.6 Å². The van der Waals surface area contributed by atoms with Gasteiger partial charge in [-0.25, -0.2) is 4.39 Å². The van der Waals surface area contributed by atoms with E-state index in [1.807, 2.05) is 24.3 Å². The average Bonchev–Trinajstić information content (AvgIpc) is 2.90. The van der Waals surface area contributed by atoms with Crippen molar-refractivity contribution in [2.45, 2.75) is 32.2 Å². The molecule has 0 radical (unpaired) electrons. The Morgan fingerprint density at radius 2 is 1.64 bits per heavy atom. The van der Waals surface area contributed by atoms with Gasteiger partial charge in [0, 0.05) is 35.7 Å². The minimum atomic E-state index is -0.549. The van der Waals surface area contributed by atoms with E-state index in [1.165, 1.54) is 50.3 Å². The van der Waals surface area contributed by atoms with Gasteiger partial charge in [0.2, 0.25) is 5.91 Å². The molecule has 1 aliphatic heterocycles. The lowest BCUT2D eigenvalue weighted by Gasteiger charge is -2.28. The second-order valence-electron chi connectivity index (χ2n) is 8.83. The Kier molecular flexibility index (Phi) is 8.05. The van der Waals surface area contributed by atoms with Crippen LogP contribution in [0.5, 0.6) is 5.75 Å². The van der Waals surface area contributed by atoms with E-state index in [0.717, 1.165) is 24.8 Å². The van der Waals surface area contributed by atoms with Crippen LogP contribution in [0.15, 0.2) is 66.7 Å². The first-order valence-electron chi connectivity index (χ1n) is 12.1. The number of piperidine rings is 1. The molecule has 7 nitrogen and oxygen atoms in total. The highest BCUT2D eigenvalue weighted by atomic mass is 19.1. The number of anilines is 4. The minimum absolute atomic E-state index is 0.189. The topological polar surface area (TPSA) is 82.7 Å². The van der Waals surface area contributed by atoms with Gasteiger partial charge in [-0.05, 0) is 86.8 Å². The van der Waals surface area contributed by atoms with Gasteiger partial charge in [-0.2, -0.15) is 0 Å². The number of halogens is 1. The van der Waals surface area contributed by atoms with E-state index in [2.05, 4.69) is 20.9 Å². The Balaban J connectivity index is 1.38. The molecule has 0 saturated carbocycles. The van der Waals surface area contributed by atoms with Crippen molar-refractivity contribution in [3.63, 3.8) is 0 Å². The number of amides is 2. The highest BCUT2D eigenvalue weighted by molar-refractivity contribution is 6.05. The first kappa shape index (κ1) is 25.0. The number of hydrogen-bond donors (Lipinski definition) is 3. The Labute approximate surface area is 210 Å². The molecule has 3 aromatic rings. The van der Waals surface area contributed by atoms with E-state index >= 15 is 0 Å². The molecular weight excluding hydrogens is 459 g/mol. The summed E-state index contributed by atoms with van der Waals surface area (Å²) < 4.78 is 18.8. The van der Waals surface area contributed by atoms with Crippen molar-refractivity contribution in [1.29, 1.82) is 0 Å². The Hall–Kier alpha value is -4.07. The summed E-state index contributed by atoms with van der Waals surface area (Å²) in [6.07, 6.45) is 3.71. The van der Waals surface area contributed by atoms with Crippen LogP contribution in [0.3, 0.4) is 0 Å². The smallest absolute Gasteiger partial charge is 0.255 e. The number of nitrogens with zero attached hydrogens (tertiary/aromatic N) is 1. The van der Waals surface area contributed by atoms with Crippen LogP contribution in [-0.2, 0) is 4.79 Å². The van der Waals surface area contributed by atoms with E-state index in [0.29, 0.717) is 17.1 Å². The normalized spacial score (nSPS) is 14.0. The second kappa shape index (κ2) is 11.6. The first-order chi connectivity index (χ1) is 17.4. The van der Waals surface area contributed by atoms with Crippen molar-refractivity contribution < 1.29 is 18.7 Å². The molecule has 188 valence electrons. The van der Waals surface area contributed by atoms with Crippen LogP contribution in [0, 0.1) is 5.82 Å². The van der Waals surface area contributed by atoms with Crippen molar-refractivity contribution in [2.75, 3.05) is 41.0 Å². The number of benzene rings is 3. The quantitative estimate of drug-likeness (QED) is 0.388. The zero-order valence-electron chi connectivity index (χ0n) is 20.5. The molecule has 1 unspecified atom stereocenters. The van der Waals surface area contributed by atoms with Gasteiger partial charge in [-0.15, -0.1) is 0 Å². The number of ether oxygens (including phenoxy) is 1. The summed E-state index contributed by atoms with van der Waals surface area (Å²) in [6, 6.07) is 17.9. The lowest BCUT2D eigenvalue weighted by Crippen LogP contribution is -2.32. The molecule has 4 rings (SSSR count). The summed E-state index contributed by atoms with van der Waals surface area (Å²) in [5.74, 6) is -0.715. The molecule has 1 aliphatic rings. The van der Waals surface area contributed by atoms with E-state index in [9.17, 15) is 14.0 Å². The van der Waals surface area contributed by atoms with Gasteiger partial charge < -0.3 is 25.6 Å². The fourth-order valence-corrected chi connectivity index (χ4v) is 4.19. The summed E-state index contributed by atoms with van der Waals surface area (Å²) in [7, 11) is 1.49. The van der Waals surface area contributed by atoms with Crippen LogP contribution in [-0.4, -0.2) is 38.1 Å². The molecule has 36 heavy (non-hydrogen) atoms. The molecule has 2 amide bonds. The fraction of sp³-hybridized carbons (Fsp3) is 0.286. The lowest BCUT2D eigenvalue weighted by molar-refractivity contribution is -0.116. The molecule has 1 saturated heterocycles. The molecule has 0 aromatic heterocycles. The summed E-state index contributed by atoms with van der Waals surface area (Å²) in [5.41, 5.74) is 3.11. The van der Waals surface area contributed by atoms with Crippen molar-refractivity contribution in [2.24, 2.45) is 0 Å². The first-order valence-corrected chi connectivity index (χ1v) is 12.1. The van der Waals surface area contributed by atoms with Gasteiger partial charge in [0.1, 0.15) is 17.6 Å². The molecule has 0 bridgehead atoms. The highest BCUT2D eigenvalue weighted by Crippen LogP contribution is 2.29. The molecule has 3 aromatic carbocycles. The Morgan fingerprint density at radius 1 is 0.917 bits per heavy atom. The van der Waals surface area contributed by atoms with Crippen molar-refractivity contribution in [3.8, 4) is 5.75 Å². The maximum Gasteiger partial charge on any atom is 0.255 e. The highest BCUT2D eigenvalue weighted by Gasteiger charge is 2.16. The number of rotatable bonds is 8. The number of carbonyl (C=O) groups excluding carboxylic acids is 2. The summed E-state index contributed by atoms with van der Waals surface area (Å²) >= 11 is 0. The molecule has 1 atom stereocenters. The van der Waals surface area contributed by atoms with Gasteiger partial charge in [0.15, 0.2) is 0 Å². The van der Waals surface area contributed by atoms with Crippen LogP contribution in [0.25, 0.3) is 0 Å². The third-order valence-corrected chi connectivity index (χ3v) is 6.17. The predicted octanol–water partition coefficient (Wildman–Crippen LogP) is 5.52. The maximum atomic E-state index is 13.5. The summed E-state index contributed by atoms with van der Waals surface area (Å²) in [5, 5.41) is 8.83. The molecule has 1 fully saturated rings. The van der Waals surface area contributed by atoms with Crippen molar-refractivity contribution in [3.05, 3.63) is 78.1 Å². The predicted molar refractivity (Wildman–Crippen MR) is 142 cm³/mol. The number of carbonyl (C=O) groups is 2. The van der Waals surface area contributed by atoms with Gasteiger partial charge in [-0.1, -0.05) is 6.07 Å². The zero-order chi connectivity index (χ0) is 25.5. The van der Waals surface area contributed by atoms with Gasteiger partial charge in [0.05, 0.1) is 12.8 Å². The van der Waals surface area contributed by atoms with Crippen molar-refractivity contribution in [1.82, 2.24) is 0 Å². The molecule has 1 heterocycles. The molecular formula is C28H31FN4O3. The fourth-order valence-electron chi connectivity index (χ4n) is 4.19. The second-order valence-corrected chi connectivity index (χ2v) is 8.83. The van der Waals surface area contributed by atoms with E-state index in [1.54, 1.807) is 25.1 Å². The molecule has 0 spiro atoms. The zero-order valence-corrected chi connectivity index (χ0v) is 20.5. The minimum Gasteiger partial charge on any atom is -0.495 e. The lowest BCUT2D eigenvalue weighted by atomic mass is 10.1. The molecule has 8 heteroatoms. The summed E-state index contributed by atoms with van der Waals surface area (Å²) in [6.45, 7) is 3.89. The van der Waals surface area contributed by atoms with Crippen LogP contribution in [0.2, 0.25) is 0 Å².